The Hall–Kier alpha value is -2.54. The predicted octanol–water partition coefficient (Wildman–Crippen LogP) is -1.66. The average Bonchev–Trinajstić information content (AvgIpc) is 2.74. The molecule has 0 fully saturated rings. The number of nitrogens with zero attached hydrogens (tertiary/aromatic N) is 1. The summed E-state index contributed by atoms with van der Waals surface area (Å²) in [5.41, 5.74) is 16.2. The van der Waals surface area contributed by atoms with Gasteiger partial charge in [-0.1, -0.05) is 20.3 Å². The molecule has 10 N–H and O–H groups in total. The average molecular weight is 476 g/mol. The largest absolute Gasteiger partial charge is 0.480 e. The van der Waals surface area contributed by atoms with Crippen LogP contribution in [0.1, 0.15) is 39.5 Å². The predicted molar refractivity (Wildman–Crippen MR) is 125 cm³/mol. The first-order valence-electron chi connectivity index (χ1n) is 10.4. The third kappa shape index (κ3) is 12.3. The van der Waals surface area contributed by atoms with Gasteiger partial charge in [-0.05, 0) is 37.2 Å². The fourth-order valence-electron chi connectivity index (χ4n) is 2.64. The van der Waals surface area contributed by atoms with E-state index in [-0.39, 0.29) is 18.4 Å². The van der Waals surface area contributed by atoms with Crippen molar-refractivity contribution in [3.63, 3.8) is 0 Å². The number of carboxylic acids is 1. The molecule has 4 atom stereocenters. The number of aliphatic imine (C=N–C) groups is 1. The van der Waals surface area contributed by atoms with E-state index in [0.29, 0.717) is 38.0 Å². The number of hydrogen-bond donors (Lipinski definition) is 7. The summed E-state index contributed by atoms with van der Waals surface area (Å²) in [6, 6.07) is -2.82. The summed E-state index contributed by atoms with van der Waals surface area (Å²) >= 11 is 1.48. The molecule has 0 aliphatic carbocycles. The van der Waals surface area contributed by atoms with Gasteiger partial charge < -0.3 is 38.3 Å². The van der Waals surface area contributed by atoms with Crippen molar-refractivity contribution in [2.24, 2.45) is 28.1 Å². The van der Waals surface area contributed by atoms with Crippen LogP contribution in [0.5, 0.6) is 0 Å². The SMILES string of the molecule is CCC(C)C(NC(=O)C(CCSC)NC(=O)CNC(=O)C(N)CCCN=C(N)N)C(=O)O. The highest BCUT2D eigenvalue weighted by molar-refractivity contribution is 7.98. The third-order valence-corrected chi connectivity index (χ3v) is 5.41. The lowest BCUT2D eigenvalue weighted by molar-refractivity contribution is -0.143. The number of amides is 3. The van der Waals surface area contributed by atoms with Crippen molar-refractivity contribution in [1.82, 2.24) is 16.0 Å². The normalized spacial score (nSPS) is 14.4. The maximum Gasteiger partial charge on any atom is 0.326 e. The summed E-state index contributed by atoms with van der Waals surface area (Å²) < 4.78 is 0. The lowest BCUT2D eigenvalue weighted by Gasteiger charge is -2.24. The smallest absolute Gasteiger partial charge is 0.326 e. The van der Waals surface area contributed by atoms with Gasteiger partial charge in [-0.25, -0.2) is 4.79 Å². The molecule has 0 aromatic rings. The first-order chi connectivity index (χ1) is 15.0. The zero-order chi connectivity index (χ0) is 24.7. The highest BCUT2D eigenvalue weighted by Gasteiger charge is 2.29. The van der Waals surface area contributed by atoms with Crippen LogP contribution in [0.2, 0.25) is 0 Å². The molecule has 32 heavy (non-hydrogen) atoms. The number of nitrogens with one attached hydrogen (secondary N) is 3. The van der Waals surface area contributed by atoms with Crippen molar-refractivity contribution >= 4 is 41.4 Å². The van der Waals surface area contributed by atoms with Crippen molar-refractivity contribution in [1.29, 1.82) is 0 Å². The quantitative estimate of drug-likeness (QED) is 0.0771. The van der Waals surface area contributed by atoms with Crippen LogP contribution in [0.25, 0.3) is 0 Å². The number of hydrogen-bond acceptors (Lipinski definition) is 7. The Labute approximate surface area is 192 Å². The fraction of sp³-hybridized carbons (Fsp3) is 0.737. The van der Waals surface area contributed by atoms with E-state index in [1.165, 1.54) is 11.8 Å². The number of carboxylic acid groups (broad SMARTS) is 1. The topological polar surface area (TPSA) is 215 Å². The Morgan fingerprint density at radius 2 is 1.75 bits per heavy atom. The second kappa shape index (κ2) is 16.1. The zero-order valence-corrected chi connectivity index (χ0v) is 19.7. The van der Waals surface area contributed by atoms with Crippen molar-refractivity contribution in [3.8, 4) is 0 Å². The Kier molecular flexibility index (Phi) is 14.9. The maximum absolute atomic E-state index is 12.6. The minimum absolute atomic E-state index is 0.0430. The Bertz CT molecular complexity index is 658. The van der Waals surface area contributed by atoms with E-state index in [0.717, 1.165) is 0 Å². The van der Waals surface area contributed by atoms with Gasteiger partial charge in [-0.3, -0.25) is 19.4 Å². The number of thioether (sulfide) groups is 1. The van der Waals surface area contributed by atoms with Crippen LogP contribution in [0.4, 0.5) is 0 Å². The molecule has 184 valence electrons. The molecule has 0 bridgehead atoms. The van der Waals surface area contributed by atoms with Gasteiger partial charge in [-0.2, -0.15) is 11.8 Å². The van der Waals surface area contributed by atoms with Crippen LogP contribution in [0, 0.1) is 5.92 Å². The third-order valence-electron chi connectivity index (χ3n) is 4.77. The first kappa shape index (κ1) is 29.5. The van der Waals surface area contributed by atoms with Crippen LogP contribution in [-0.4, -0.2) is 78.0 Å². The van der Waals surface area contributed by atoms with Gasteiger partial charge in [0.25, 0.3) is 0 Å². The summed E-state index contributed by atoms with van der Waals surface area (Å²) in [5, 5.41) is 16.9. The molecule has 0 radical (unpaired) electrons. The number of rotatable bonds is 16. The van der Waals surface area contributed by atoms with Crippen LogP contribution < -0.4 is 33.2 Å². The second-order valence-corrected chi connectivity index (χ2v) is 8.37. The van der Waals surface area contributed by atoms with E-state index in [4.69, 9.17) is 17.2 Å². The Morgan fingerprint density at radius 3 is 2.28 bits per heavy atom. The molecule has 0 aromatic heterocycles. The molecule has 0 saturated carbocycles. The second-order valence-electron chi connectivity index (χ2n) is 7.38. The summed E-state index contributed by atoms with van der Waals surface area (Å²) in [6.07, 6.45) is 3.55. The summed E-state index contributed by atoms with van der Waals surface area (Å²) in [7, 11) is 0. The standard InChI is InChI=1S/C19H37N7O5S/c1-4-11(2)15(18(30)31)26-17(29)13(7-9-32-3)25-14(27)10-24-16(28)12(20)6-5-8-23-19(21)22/h11-13,15H,4-10,20H2,1-3H3,(H,24,28)(H,25,27)(H,26,29)(H,30,31)(H4,21,22,23). The molecule has 0 saturated heterocycles. The minimum Gasteiger partial charge on any atom is -0.480 e. The van der Waals surface area contributed by atoms with E-state index in [9.17, 15) is 24.3 Å². The fourth-order valence-corrected chi connectivity index (χ4v) is 3.11. The van der Waals surface area contributed by atoms with E-state index in [1.54, 1.807) is 6.92 Å². The van der Waals surface area contributed by atoms with Crippen molar-refractivity contribution < 1.29 is 24.3 Å². The Balaban J connectivity index is 4.76. The van der Waals surface area contributed by atoms with Crippen LogP contribution in [0.15, 0.2) is 4.99 Å². The van der Waals surface area contributed by atoms with Gasteiger partial charge in [0, 0.05) is 6.54 Å². The summed E-state index contributed by atoms with van der Waals surface area (Å²) in [6.45, 7) is 3.53. The molecule has 13 heteroatoms. The Morgan fingerprint density at radius 1 is 1.09 bits per heavy atom. The highest BCUT2D eigenvalue weighted by Crippen LogP contribution is 2.09. The van der Waals surface area contributed by atoms with Gasteiger partial charge in [0.05, 0.1) is 12.6 Å². The summed E-state index contributed by atoms with van der Waals surface area (Å²) in [5.74, 6) is -2.56. The van der Waals surface area contributed by atoms with Crippen molar-refractivity contribution in [3.05, 3.63) is 0 Å². The molecule has 3 amide bonds. The van der Waals surface area contributed by atoms with E-state index in [2.05, 4.69) is 20.9 Å². The van der Waals surface area contributed by atoms with E-state index >= 15 is 0 Å². The molecular formula is C19H37N7O5S. The van der Waals surface area contributed by atoms with E-state index < -0.39 is 41.8 Å². The van der Waals surface area contributed by atoms with Gasteiger partial charge >= 0.3 is 5.97 Å². The van der Waals surface area contributed by atoms with Gasteiger partial charge in [0.15, 0.2) is 5.96 Å². The van der Waals surface area contributed by atoms with E-state index in [1.807, 2.05) is 13.2 Å². The number of nitrogens with two attached hydrogens (primary N) is 3. The van der Waals surface area contributed by atoms with Crippen molar-refractivity contribution in [2.45, 2.75) is 57.7 Å². The minimum atomic E-state index is -1.14. The molecular weight excluding hydrogens is 438 g/mol. The number of carbonyl (C=O) groups is 4. The van der Waals surface area contributed by atoms with Crippen LogP contribution >= 0.6 is 11.8 Å². The molecule has 0 rings (SSSR count). The van der Waals surface area contributed by atoms with Crippen LogP contribution in [0.3, 0.4) is 0 Å². The molecule has 0 aliphatic heterocycles. The maximum atomic E-state index is 12.6. The molecule has 4 unspecified atom stereocenters. The molecule has 0 aromatic carbocycles. The monoisotopic (exact) mass is 475 g/mol. The summed E-state index contributed by atoms with van der Waals surface area (Å²) in [4.78, 5) is 52.2. The van der Waals surface area contributed by atoms with Crippen molar-refractivity contribution in [2.75, 3.05) is 25.1 Å². The first-order valence-corrected chi connectivity index (χ1v) is 11.8. The molecule has 0 aliphatic rings. The lowest BCUT2D eigenvalue weighted by Crippen LogP contribution is -2.55. The van der Waals surface area contributed by atoms with Gasteiger partial charge in [0.2, 0.25) is 17.7 Å². The zero-order valence-electron chi connectivity index (χ0n) is 18.9. The van der Waals surface area contributed by atoms with Gasteiger partial charge in [0.1, 0.15) is 12.1 Å². The number of carbonyl (C=O) groups excluding carboxylic acids is 3. The highest BCUT2D eigenvalue weighted by atomic mass is 32.2. The molecule has 0 spiro atoms. The number of aliphatic carboxylic acids is 1. The van der Waals surface area contributed by atoms with Gasteiger partial charge in [-0.15, -0.1) is 0 Å². The van der Waals surface area contributed by atoms with Crippen LogP contribution in [-0.2, 0) is 19.2 Å². The number of guanidine groups is 1. The lowest BCUT2D eigenvalue weighted by atomic mass is 9.99. The molecule has 12 nitrogen and oxygen atoms in total. The molecule has 0 heterocycles.